The van der Waals surface area contributed by atoms with Gasteiger partial charge in [0, 0.05) is 20.0 Å². The van der Waals surface area contributed by atoms with Crippen LogP contribution in [0.1, 0.15) is 23.1 Å². The molecule has 0 aliphatic heterocycles. The zero-order valence-corrected chi connectivity index (χ0v) is 14.0. The van der Waals surface area contributed by atoms with Crippen LogP contribution in [0.5, 0.6) is 5.75 Å². The molecule has 0 atom stereocenters. The molecule has 0 unspecified atom stereocenters. The van der Waals surface area contributed by atoms with Gasteiger partial charge in [0.25, 0.3) is 0 Å². The largest absolute Gasteiger partial charge is 0.495 e. The highest BCUT2D eigenvalue weighted by Crippen LogP contribution is 2.25. The van der Waals surface area contributed by atoms with Gasteiger partial charge in [-0.15, -0.1) is 0 Å². The summed E-state index contributed by atoms with van der Waals surface area (Å²) in [4.78, 5) is 12.0. The molecule has 2 N–H and O–H groups in total. The van der Waals surface area contributed by atoms with Crippen molar-refractivity contribution in [1.29, 1.82) is 0 Å². The molecule has 0 bridgehead atoms. The molecule has 23 heavy (non-hydrogen) atoms. The molecule has 122 valence electrons. The molecule has 0 aromatic heterocycles. The van der Waals surface area contributed by atoms with Crippen LogP contribution in [-0.2, 0) is 17.8 Å². The van der Waals surface area contributed by atoms with Crippen molar-refractivity contribution in [2.75, 3.05) is 19.5 Å². The Kier molecular flexibility index (Phi) is 6.03. The topological polar surface area (TPSA) is 50.4 Å². The van der Waals surface area contributed by atoms with E-state index in [1.165, 1.54) is 5.56 Å². The molecule has 4 nitrogen and oxygen atoms in total. The van der Waals surface area contributed by atoms with Gasteiger partial charge in [-0.25, -0.2) is 0 Å². The number of hydrogen-bond donors (Lipinski definition) is 2. The summed E-state index contributed by atoms with van der Waals surface area (Å²) in [7, 11) is 3.50. The molecule has 4 heteroatoms. The van der Waals surface area contributed by atoms with Gasteiger partial charge >= 0.3 is 0 Å². The molecule has 2 aromatic carbocycles. The summed E-state index contributed by atoms with van der Waals surface area (Å²) < 4.78 is 5.34. The van der Waals surface area contributed by atoms with Gasteiger partial charge in [0.2, 0.25) is 5.91 Å². The summed E-state index contributed by atoms with van der Waals surface area (Å²) in [5.41, 5.74) is 4.37. The average molecular weight is 312 g/mol. The molecule has 0 aliphatic carbocycles. The first-order valence-corrected chi connectivity index (χ1v) is 7.79. The van der Waals surface area contributed by atoms with Crippen LogP contribution in [0.2, 0.25) is 0 Å². The monoisotopic (exact) mass is 312 g/mol. The maximum atomic E-state index is 12.0. The zero-order valence-electron chi connectivity index (χ0n) is 14.0. The Balaban J connectivity index is 1.83. The number of amides is 1. The second kappa shape index (κ2) is 8.22. The molecular formula is C19H24N2O2. The van der Waals surface area contributed by atoms with Crippen LogP contribution in [0, 0.1) is 6.92 Å². The molecule has 0 aliphatic rings. The van der Waals surface area contributed by atoms with E-state index in [-0.39, 0.29) is 5.91 Å². The number of methoxy groups -OCH3 is 1. The lowest BCUT2D eigenvalue weighted by Crippen LogP contribution is -2.22. The molecule has 0 saturated heterocycles. The van der Waals surface area contributed by atoms with E-state index < -0.39 is 0 Å². The lowest BCUT2D eigenvalue weighted by atomic mass is 10.1. The van der Waals surface area contributed by atoms with Crippen LogP contribution in [0.4, 0.5) is 5.69 Å². The Morgan fingerprint density at radius 2 is 1.78 bits per heavy atom. The van der Waals surface area contributed by atoms with E-state index in [2.05, 4.69) is 29.7 Å². The highest BCUT2D eigenvalue weighted by atomic mass is 16.5. The molecule has 0 radical (unpaired) electrons. The van der Waals surface area contributed by atoms with Crippen molar-refractivity contribution in [3.8, 4) is 5.75 Å². The van der Waals surface area contributed by atoms with Crippen LogP contribution in [0.3, 0.4) is 0 Å². The Labute approximate surface area is 137 Å². The van der Waals surface area contributed by atoms with Crippen molar-refractivity contribution in [2.24, 2.45) is 0 Å². The maximum Gasteiger partial charge on any atom is 0.220 e. The summed E-state index contributed by atoms with van der Waals surface area (Å²) in [6.45, 7) is 2.62. The van der Waals surface area contributed by atoms with Crippen molar-refractivity contribution in [3.63, 3.8) is 0 Å². The maximum absolute atomic E-state index is 12.0. The molecule has 1 amide bonds. The SMILES string of the molecule is CNc1ccc(CCC(=O)NCc2ccc(C)cc2)cc1OC. The molecule has 2 rings (SSSR count). The van der Waals surface area contributed by atoms with E-state index in [1.54, 1.807) is 7.11 Å². The minimum Gasteiger partial charge on any atom is -0.495 e. The fraction of sp³-hybridized carbons (Fsp3) is 0.316. The Hall–Kier alpha value is -2.49. The molecule has 0 spiro atoms. The van der Waals surface area contributed by atoms with E-state index in [0.717, 1.165) is 22.6 Å². The highest BCUT2D eigenvalue weighted by molar-refractivity contribution is 5.76. The Morgan fingerprint density at radius 1 is 1.09 bits per heavy atom. The van der Waals surface area contributed by atoms with Crippen LogP contribution >= 0.6 is 0 Å². The number of carbonyl (C=O) groups is 1. The van der Waals surface area contributed by atoms with Gasteiger partial charge in [-0.05, 0) is 36.6 Å². The molecule has 0 heterocycles. The first-order chi connectivity index (χ1) is 11.1. The first kappa shape index (κ1) is 16.9. The number of ether oxygens (including phenoxy) is 1. The summed E-state index contributed by atoms with van der Waals surface area (Å²) >= 11 is 0. The number of benzene rings is 2. The van der Waals surface area contributed by atoms with E-state index >= 15 is 0 Å². The van der Waals surface area contributed by atoms with E-state index in [4.69, 9.17) is 4.74 Å². The highest BCUT2D eigenvalue weighted by Gasteiger charge is 2.06. The van der Waals surface area contributed by atoms with Crippen molar-refractivity contribution in [2.45, 2.75) is 26.3 Å². The zero-order chi connectivity index (χ0) is 16.7. The van der Waals surface area contributed by atoms with Gasteiger partial charge in [0.05, 0.1) is 12.8 Å². The standard InChI is InChI=1S/C19H24N2O2/c1-14-4-6-16(7-5-14)13-21-19(22)11-9-15-8-10-17(20-2)18(12-15)23-3/h4-8,10,12,20H,9,11,13H2,1-3H3,(H,21,22). The van der Waals surface area contributed by atoms with Crippen molar-refractivity contribution in [1.82, 2.24) is 5.32 Å². The first-order valence-electron chi connectivity index (χ1n) is 7.79. The van der Waals surface area contributed by atoms with Crippen molar-refractivity contribution < 1.29 is 9.53 Å². The third-order valence-electron chi connectivity index (χ3n) is 3.79. The van der Waals surface area contributed by atoms with Crippen molar-refractivity contribution in [3.05, 3.63) is 59.2 Å². The van der Waals surface area contributed by atoms with Gasteiger partial charge in [-0.3, -0.25) is 4.79 Å². The quantitative estimate of drug-likeness (QED) is 0.825. The minimum absolute atomic E-state index is 0.0576. The normalized spacial score (nSPS) is 10.2. The predicted molar refractivity (Wildman–Crippen MR) is 93.9 cm³/mol. The lowest BCUT2D eigenvalue weighted by Gasteiger charge is -2.10. The number of carbonyl (C=O) groups excluding carboxylic acids is 1. The van der Waals surface area contributed by atoms with Gasteiger partial charge in [-0.2, -0.15) is 0 Å². The summed E-state index contributed by atoms with van der Waals surface area (Å²) in [6, 6.07) is 14.1. The van der Waals surface area contributed by atoms with E-state index in [9.17, 15) is 4.79 Å². The summed E-state index contributed by atoms with van der Waals surface area (Å²) in [6.07, 6.45) is 1.16. The van der Waals surface area contributed by atoms with Gasteiger partial charge < -0.3 is 15.4 Å². The molecular weight excluding hydrogens is 288 g/mol. The summed E-state index contributed by atoms with van der Waals surface area (Å²) in [5, 5.41) is 6.03. The van der Waals surface area contributed by atoms with E-state index in [1.807, 2.05) is 37.4 Å². The van der Waals surface area contributed by atoms with Gasteiger partial charge in [0.1, 0.15) is 5.75 Å². The predicted octanol–water partition coefficient (Wildman–Crippen LogP) is 3.29. The second-order valence-electron chi connectivity index (χ2n) is 5.55. The smallest absolute Gasteiger partial charge is 0.220 e. The van der Waals surface area contributed by atoms with Crippen LogP contribution < -0.4 is 15.4 Å². The fourth-order valence-corrected chi connectivity index (χ4v) is 2.35. The van der Waals surface area contributed by atoms with Crippen LogP contribution in [0.15, 0.2) is 42.5 Å². The van der Waals surface area contributed by atoms with Gasteiger partial charge in [-0.1, -0.05) is 35.9 Å². The fourth-order valence-electron chi connectivity index (χ4n) is 2.35. The molecule has 2 aromatic rings. The molecule has 0 saturated carbocycles. The number of rotatable bonds is 7. The minimum atomic E-state index is 0.0576. The average Bonchev–Trinajstić information content (AvgIpc) is 2.59. The summed E-state index contributed by atoms with van der Waals surface area (Å²) in [5.74, 6) is 0.854. The number of hydrogen-bond acceptors (Lipinski definition) is 3. The van der Waals surface area contributed by atoms with Gasteiger partial charge in [0.15, 0.2) is 0 Å². The number of nitrogens with one attached hydrogen (secondary N) is 2. The lowest BCUT2D eigenvalue weighted by molar-refractivity contribution is -0.121. The number of aryl methyl sites for hydroxylation is 2. The van der Waals surface area contributed by atoms with Crippen LogP contribution in [-0.4, -0.2) is 20.1 Å². The molecule has 0 fully saturated rings. The Bertz CT molecular complexity index is 651. The second-order valence-corrected chi connectivity index (χ2v) is 5.55. The van der Waals surface area contributed by atoms with E-state index in [0.29, 0.717) is 19.4 Å². The number of anilines is 1. The third kappa shape index (κ3) is 5.02. The van der Waals surface area contributed by atoms with Crippen LogP contribution in [0.25, 0.3) is 0 Å². The van der Waals surface area contributed by atoms with Crippen molar-refractivity contribution >= 4 is 11.6 Å². The third-order valence-corrected chi connectivity index (χ3v) is 3.79. The Morgan fingerprint density at radius 3 is 2.43 bits per heavy atom.